The van der Waals surface area contributed by atoms with Crippen LogP contribution in [-0.4, -0.2) is 0 Å². The maximum atomic E-state index is 2.36. The van der Waals surface area contributed by atoms with E-state index in [9.17, 15) is 0 Å². The molecule has 0 heteroatoms. The maximum Gasteiger partial charge on any atom is -0.00204 e. The van der Waals surface area contributed by atoms with E-state index in [2.05, 4.69) is 123 Å². The summed E-state index contributed by atoms with van der Waals surface area (Å²) in [5.41, 5.74) is 10.4. The maximum absolute atomic E-state index is 2.36. The van der Waals surface area contributed by atoms with Crippen LogP contribution >= 0.6 is 0 Å². The number of rotatable bonds is 5. The monoisotopic (exact) mass is 412 g/mol. The second-order valence-electron chi connectivity index (χ2n) is 8.36. The second kappa shape index (κ2) is 8.85. The molecule has 0 aliphatic rings. The van der Waals surface area contributed by atoms with Crippen molar-refractivity contribution in [2.75, 3.05) is 0 Å². The van der Waals surface area contributed by atoms with Crippen LogP contribution in [0.5, 0.6) is 0 Å². The molecule has 32 heavy (non-hydrogen) atoms. The quantitative estimate of drug-likeness (QED) is 0.270. The van der Waals surface area contributed by atoms with E-state index in [0.29, 0.717) is 0 Å². The molecule has 0 radical (unpaired) electrons. The molecule has 0 bridgehead atoms. The van der Waals surface area contributed by atoms with Crippen LogP contribution in [0.15, 0.2) is 109 Å². The van der Waals surface area contributed by atoms with E-state index >= 15 is 0 Å². The highest BCUT2D eigenvalue weighted by atomic mass is 14.2. The number of hydrogen-bond acceptors (Lipinski definition) is 0. The minimum absolute atomic E-state index is 1.05. The first kappa shape index (κ1) is 20.3. The van der Waals surface area contributed by atoms with Gasteiger partial charge in [-0.2, -0.15) is 0 Å². The van der Waals surface area contributed by atoms with Gasteiger partial charge in [0, 0.05) is 0 Å². The van der Waals surface area contributed by atoms with Gasteiger partial charge in [0.2, 0.25) is 0 Å². The molecule has 0 nitrogen and oxygen atoms in total. The highest BCUT2D eigenvalue weighted by Crippen LogP contribution is 2.44. The zero-order valence-electron chi connectivity index (χ0n) is 18.8. The fraction of sp³-hybridized carbons (Fsp3) is 0.125. The summed E-state index contributed by atoms with van der Waals surface area (Å²) >= 11 is 0. The Labute approximate surface area is 191 Å². The van der Waals surface area contributed by atoms with Crippen LogP contribution in [0.1, 0.15) is 25.0 Å². The molecule has 156 valence electrons. The Balaban J connectivity index is 1.89. The molecular formula is C32H28. The normalized spacial score (nSPS) is 11.1. The van der Waals surface area contributed by atoms with E-state index in [4.69, 9.17) is 0 Å². The largest absolute Gasteiger partial charge is 0.0622 e. The second-order valence-corrected chi connectivity index (χ2v) is 8.36. The first-order chi connectivity index (χ1) is 15.8. The summed E-state index contributed by atoms with van der Waals surface area (Å²) in [6.45, 7) is 4.42. The van der Waals surface area contributed by atoms with Crippen molar-refractivity contribution in [2.24, 2.45) is 0 Å². The Hall–Kier alpha value is -3.64. The van der Waals surface area contributed by atoms with Crippen LogP contribution in [0, 0.1) is 0 Å². The van der Waals surface area contributed by atoms with E-state index in [1.165, 1.54) is 55.3 Å². The molecule has 0 aliphatic carbocycles. The van der Waals surface area contributed by atoms with Gasteiger partial charge < -0.3 is 0 Å². The molecule has 0 saturated carbocycles. The minimum Gasteiger partial charge on any atom is -0.0622 e. The number of fused-ring (bicyclic) bond motifs is 1. The first-order valence-electron chi connectivity index (χ1n) is 11.6. The molecule has 0 aromatic heterocycles. The summed E-state index contributed by atoms with van der Waals surface area (Å²) in [4.78, 5) is 0. The molecule has 5 aromatic carbocycles. The van der Waals surface area contributed by atoms with Crippen LogP contribution in [-0.2, 0) is 12.8 Å². The molecular weight excluding hydrogens is 384 g/mol. The molecule has 0 atom stereocenters. The van der Waals surface area contributed by atoms with Crippen molar-refractivity contribution in [3.63, 3.8) is 0 Å². The van der Waals surface area contributed by atoms with Gasteiger partial charge in [0.25, 0.3) is 0 Å². The van der Waals surface area contributed by atoms with Gasteiger partial charge in [-0.3, -0.25) is 0 Å². The molecule has 0 unspecified atom stereocenters. The van der Waals surface area contributed by atoms with Crippen molar-refractivity contribution in [3.05, 3.63) is 120 Å². The van der Waals surface area contributed by atoms with Crippen LogP contribution in [0.4, 0.5) is 0 Å². The molecule has 0 heterocycles. The van der Waals surface area contributed by atoms with Gasteiger partial charge in [0.1, 0.15) is 0 Å². The van der Waals surface area contributed by atoms with Crippen molar-refractivity contribution < 1.29 is 0 Å². The van der Waals surface area contributed by atoms with Crippen LogP contribution in [0.2, 0.25) is 0 Å². The lowest BCUT2D eigenvalue weighted by Crippen LogP contribution is -1.94. The molecule has 0 aliphatic heterocycles. The van der Waals surface area contributed by atoms with Crippen molar-refractivity contribution in [1.82, 2.24) is 0 Å². The molecule has 5 rings (SSSR count). The van der Waals surface area contributed by atoms with E-state index in [0.717, 1.165) is 12.8 Å². The van der Waals surface area contributed by atoms with Crippen molar-refractivity contribution >= 4 is 10.8 Å². The van der Waals surface area contributed by atoms with Gasteiger partial charge in [-0.15, -0.1) is 0 Å². The summed E-state index contributed by atoms with van der Waals surface area (Å²) in [6, 6.07) is 40.2. The van der Waals surface area contributed by atoms with E-state index in [-0.39, 0.29) is 0 Å². The number of benzene rings is 5. The molecule has 0 N–H and O–H groups in total. The third-order valence-corrected chi connectivity index (χ3v) is 6.44. The Morgan fingerprint density at radius 3 is 1.59 bits per heavy atom. The highest BCUT2D eigenvalue weighted by Gasteiger charge is 2.18. The Bertz CT molecular complexity index is 1340. The fourth-order valence-electron chi connectivity index (χ4n) is 4.61. The van der Waals surface area contributed by atoms with Gasteiger partial charge >= 0.3 is 0 Å². The molecule has 0 amide bonds. The molecule has 0 saturated heterocycles. The first-order valence-corrected chi connectivity index (χ1v) is 11.6. The predicted molar refractivity (Wildman–Crippen MR) is 139 cm³/mol. The molecule has 0 fully saturated rings. The third-order valence-electron chi connectivity index (χ3n) is 6.44. The van der Waals surface area contributed by atoms with Gasteiger partial charge in [0.15, 0.2) is 0 Å². The topological polar surface area (TPSA) is 0 Å². The summed E-state index contributed by atoms with van der Waals surface area (Å²) in [5, 5.41) is 2.57. The third kappa shape index (κ3) is 3.74. The fourth-order valence-corrected chi connectivity index (χ4v) is 4.61. The zero-order valence-corrected chi connectivity index (χ0v) is 18.8. The van der Waals surface area contributed by atoms with Gasteiger partial charge in [-0.25, -0.2) is 0 Å². The Morgan fingerprint density at radius 1 is 0.469 bits per heavy atom. The average molecular weight is 413 g/mol. The predicted octanol–water partition coefficient (Wildman–Crippen LogP) is 8.97. The lowest BCUT2D eigenvalue weighted by molar-refractivity contribution is 1.14. The molecule has 0 spiro atoms. The van der Waals surface area contributed by atoms with E-state index in [1.807, 2.05) is 0 Å². The van der Waals surface area contributed by atoms with Crippen LogP contribution < -0.4 is 0 Å². The highest BCUT2D eigenvalue weighted by molar-refractivity contribution is 6.09. The van der Waals surface area contributed by atoms with E-state index < -0.39 is 0 Å². The molecule has 5 aromatic rings. The number of hydrogen-bond donors (Lipinski definition) is 0. The van der Waals surface area contributed by atoms with Gasteiger partial charge in [0.05, 0.1) is 0 Å². The summed E-state index contributed by atoms with van der Waals surface area (Å²) in [5.74, 6) is 0. The lowest BCUT2D eigenvalue weighted by Gasteiger charge is -2.20. The Kier molecular flexibility index (Phi) is 5.60. The SMILES string of the molecule is CCc1ccc(-c2c(-c3ccccc3)cc3ccccc3c2-c2ccc(CC)cc2)cc1. The van der Waals surface area contributed by atoms with Crippen molar-refractivity contribution in [3.8, 4) is 33.4 Å². The van der Waals surface area contributed by atoms with Gasteiger partial charge in [-0.1, -0.05) is 117 Å². The Morgan fingerprint density at radius 2 is 1.00 bits per heavy atom. The van der Waals surface area contributed by atoms with E-state index in [1.54, 1.807) is 0 Å². The number of aryl methyl sites for hydroxylation is 2. The van der Waals surface area contributed by atoms with Crippen LogP contribution in [0.3, 0.4) is 0 Å². The minimum atomic E-state index is 1.05. The van der Waals surface area contributed by atoms with Gasteiger partial charge in [-0.05, 0) is 74.2 Å². The van der Waals surface area contributed by atoms with Crippen molar-refractivity contribution in [1.29, 1.82) is 0 Å². The lowest BCUT2D eigenvalue weighted by atomic mass is 9.83. The summed E-state index contributed by atoms with van der Waals surface area (Å²) in [6.07, 6.45) is 2.10. The van der Waals surface area contributed by atoms with Crippen molar-refractivity contribution in [2.45, 2.75) is 26.7 Å². The zero-order chi connectivity index (χ0) is 21.9. The summed E-state index contributed by atoms with van der Waals surface area (Å²) in [7, 11) is 0. The average Bonchev–Trinajstić information content (AvgIpc) is 2.88. The van der Waals surface area contributed by atoms with Crippen LogP contribution in [0.25, 0.3) is 44.2 Å². The standard InChI is InChI=1S/C32H28/c1-3-23-14-18-26(19-15-23)31-29-13-9-8-12-28(29)22-30(25-10-6-5-7-11-25)32(31)27-20-16-24(4-2)17-21-27/h5-22H,3-4H2,1-2H3. The smallest absolute Gasteiger partial charge is 0.00204 e. The summed E-state index contributed by atoms with van der Waals surface area (Å²) < 4.78 is 0.